The van der Waals surface area contributed by atoms with Crippen molar-refractivity contribution in [3.63, 3.8) is 0 Å². The molecule has 52 valence electrons. The van der Waals surface area contributed by atoms with Gasteiger partial charge in [0.2, 0.25) is 5.91 Å². The van der Waals surface area contributed by atoms with Crippen molar-refractivity contribution in [2.45, 2.75) is 25.3 Å². The molecular weight excluding hydrogens is 116 g/mol. The maximum absolute atomic E-state index is 10.9. The Kier molecular flexibility index (Phi) is 1.45. The summed E-state index contributed by atoms with van der Waals surface area (Å²) in [5.41, 5.74) is 5.13. The number of carbonyl (C=O) groups excluding carboxylic acids is 1. The van der Waals surface area contributed by atoms with Gasteiger partial charge in [-0.15, -0.1) is 0 Å². The highest BCUT2D eigenvalue weighted by Gasteiger charge is 2.36. The summed E-state index contributed by atoms with van der Waals surface area (Å²) in [5.74, 6) is 0.00463. The number of hydrogen-bond donors (Lipinski definition) is 2. The van der Waals surface area contributed by atoms with Crippen LogP contribution in [-0.4, -0.2) is 18.0 Å². The summed E-state index contributed by atoms with van der Waals surface area (Å²) in [6, 6.07) is 0. The molecule has 3 heteroatoms. The average Bonchev–Trinajstić information content (AvgIpc) is 2.15. The van der Waals surface area contributed by atoms with E-state index in [4.69, 9.17) is 5.73 Å². The molecule has 1 atom stereocenters. The quantitative estimate of drug-likeness (QED) is 0.505. The normalized spacial score (nSPS) is 34.7. The lowest BCUT2D eigenvalue weighted by Gasteiger charge is -2.16. The molecule has 1 saturated heterocycles. The highest BCUT2D eigenvalue weighted by Crippen LogP contribution is 2.15. The van der Waals surface area contributed by atoms with Gasteiger partial charge in [-0.1, -0.05) is 6.92 Å². The lowest BCUT2D eigenvalue weighted by atomic mass is 9.96. The van der Waals surface area contributed by atoms with Gasteiger partial charge in [0.1, 0.15) is 0 Å². The van der Waals surface area contributed by atoms with E-state index >= 15 is 0 Å². The van der Waals surface area contributed by atoms with Gasteiger partial charge in [0.25, 0.3) is 0 Å². The first-order chi connectivity index (χ1) is 4.19. The van der Waals surface area contributed by atoms with E-state index in [0.717, 1.165) is 19.4 Å². The Morgan fingerprint density at radius 3 is 2.78 bits per heavy atom. The molecule has 1 fully saturated rings. The van der Waals surface area contributed by atoms with Gasteiger partial charge in [0, 0.05) is 6.54 Å². The van der Waals surface area contributed by atoms with Crippen LogP contribution in [0.2, 0.25) is 0 Å². The molecular formula is C6H12N2O. The van der Waals surface area contributed by atoms with Gasteiger partial charge < -0.3 is 11.1 Å². The summed E-state index contributed by atoms with van der Waals surface area (Å²) in [6.07, 6.45) is 1.52. The third-order valence-electron chi connectivity index (χ3n) is 1.94. The first-order valence-electron chi connectivity index (χ1n) is 3.26. The maximum Gasteiger partial charge on any atom is 0.240 e. The van der Waals surface area contributed by atoms with E-state index in [1.807, 2.05) is 6.92 Å². The Labute approximate surface area is 54.6 Å². The van der Waals surface area contributed by atoms with Gasteiger partial charge in [-0.3, -0.25) is 4.79 Å². The van der Waals surface area contributed by atoms with Crippen molar-refractivity contribution in [2.24, 2.45) is 5.73 Å². The molecule has 3 N–H and O–H groups in total. The molecule has 1 rings (SSSR count). The molecule has 0 aromatic heterocycles. The molecule has 1 aliphatic heterocycles. The smallest absolute Gasteiger partial charge is 0.240 e. The lowest BCUT2D eigenvalue weighted by Crippen LogP contribution is -2.46. The fourth-order valence-electron chi connectivity index (χ4n) is 1.03. The standard InChI is InChI=1S/C6H12N2O/c1-2-6(7)3-4-8-5(6)9/h2-4,7H2,1H3,(H,8,9). The van der Waals surface area contributed by atoms with Crippen LogP contribution < -0.4 is 11.1 Å². The summed E-state index contributed by atoms with van der Waals surface area (Å²) >= 11 is 0. The monoisotopic (exact) mass is 128 g/mol. The van der Waals surface area contributed by atoms with Gasteiger partial charge in [0.05, 0.1) is 5.54 Å². The molecule has 1 unspecified atom stereocenters. The predicted octanol–water partition coefficient (Wildman–Crippen LogP) is -0.386. The zero-order valence-electron chi connectivity index (χ0n) is 5.61. The van der Waals surface area contributed by atoms with E-state index in [1.165, 1.54) is 0 Å². The number of nitrogens with two attached hydrogens (primary N) is 1. The van der Waals surface area contributed by atoms with Crippen LogP contribution in [-0.2, 0) is 4.79 Å². The Morgan fingerprint density at radius 1 is 1.89 bits per heavy atom. The van der Waals surface area contributed by atoms with Crippen molar-refractivity contribution >= 4 is 5.91 Å². The van der Waals surface area contributed by atoms with Gasteiger partial charge in [-0.2, -0.15) is 0 Å². The molecule has 1 amide bonds. The van der Waals surface area contributed by atoms with E-state index in [2.05, 4.69) is 5.32 Å². The molecule has 0 bridgehead atoms. The highest BCUT2D eigenvalue weighted by molar-refractivity contribution is 5.87. The zero-order chi connectivity index (χ0) is 6.91. The minimum atomic E-state index is -0.556. The van der Waals surface area contributed by atoms with Crippen LogP contribution in [0.5, 0.6) is 0 Å². The summed E-state index contributed by atoms with van der Waals surface area (Å²) < 4.78 is 0. The summed E-state index contributed by atoms with van der Waals surface area (Å²) in [7, 11) is 0. The van der Waals surface area contributed by atoms with Crippen LogP contribution >= 0.6 is 0 Å². The predicted molar refractivity (Wildman–Crippen MR) is 34.8 cm³/mol. The third kappa shape index (κ3) is 0.920. The molecule has 0 spiro atoms. The average molecular weight is 128 g/mol. The fourth-order valence-corrected chi connectivity index (χ4v) is 1.03. The molecule has 0 radical (unpaired) electrons. The molecule has 0 aliphatic carbocycles. The molecule has 0 aromatic carbocycles. The van der Waals surface area contributed by atoms with Crippen LogP contribution in [0.3, 0.4) is 0 Å². The van der Waals surface area contributed by atoms with Crippen LogP contribution in [0.25, 0.3) is 0 Å². The highest BCUT2D eigenvalue weighted by atomic mass is 16.2. The van der Waals surface area contributed by atoms with E-state index < -0.39 is 5.54 Å². The second kappa shape index (κ2) is 1.99. The van der Waals surface area contributed by atoms with Crippen molar-refractivity contribution in [3.8, 4) is 0 Å². The van der Waals surface area contributed by atoms with Crippen molar-refractivity contribution in [1.29, 1.82) is 0 Å². The summed E-state index contributed by atoms with van der Waals surface area (Å²) in [4.78, 5) is 10.9. The molecule has 3 nitrogen and oxygen atoms in total. The fraction of sp³-hybridized carbons (Fsp3) is 0.833. The Bertz CT molecular complexity index is 135. The SMILES string of the molecule is CCC1(N)CCNC1=O. The van der Waals surface area contributed by atoms with Gasteiger partial charge in [-0.05, 0) is 12.8 Å². The van der Waals surface area contributed by atoms with Crippen LogP contribution in [0, 0.1) is 0 Å². The van der Waals surface area contributed by atoms with E-state index in [1.54, 1.807) is 0 Å². The molecule has 0 aromatic rings. The minimum Gasteiger partial charge on any atom is -0.354 e. The number of carbonyl (C=O) groups is 1. The molecule has 1 aliphatic rings. The Hall–Kier alpha value is -0.570. The van der Waals surface area contributed by atoms with Gasteiger partial charge in [0.15, 0.2) is 0 Å². The van der Waals surface area contributed by atoms with Crippen molar-refractivity contribution in [2.75, 3.05) is 6.54 Å². The second-order valence-corrected chi connectivity index (χ2v) is 2.52. The van der Waals surface area contributed by atoms with Gasteiger partial charge >= 0.3 is 0 Å². The second-order valence-electron chi connectivity index (χ2n) is 2.52. The van der Waals surface area contributed by atoms with E-state index in [-0.39, 0.29) is 5.91 Å². The van der Waals surface area contributed by atoms with Crippen LogP contribution in [0.15, 0.2) is 0 Å². The molecule has 9 heavy (non-hydrogen) atoms. The minimum absolute atomic E-state index is 0.00463. The topological polar surface area (TPSA) is 55.1 Å². The summed E-state index contributed by atoms with van der Waals surface area (Å²) in [5, 5.41) is 2.70. The third-order valence-corrected chi connectivity index (χ3v) is 1.94. The maximum atomic E-state index is 10.9. The summed E-state index contributed by atoms with van der Waals surface area (Å²) in [6.45, 7) is 2.67. The number of rotatable bonds is 1. The lowest BCUT2D eigenvalue weighted by molar-refractivity contribution is -0.123. The van der Waals surface area contributed by atoms with E-state index in [0.29, 0.717) is 0 Å². The Morgan fingerprint density at radius 2 is 2.56 bits per heavy atom. The van der Waals surface area contributed by atoms with Crippen LogP contribution in [0.4, 0.5) is 0 Å². The van der Waals surface area contributed by atoms with Gasteiger partial charge in [-0.25, -0.2) is 0 Å². The number of amides is 1. The van der Waals surface area contributed by atoms with Crippen molar-refractivity contribution < 1.29 is 4.79 Å². The van der Waals surface area contributed by atoms with Crippen molar-refractivity contribution in [1.82, 2.24) is 5.32 Å². The van der Waals surface area contributed by atoms with Crippen LogP contribution in [0.1, 0.15) is 19.8 Å². The van der Waals surface area contributed by atoms with E-state index in [9.17, 15) is 4.79 Å². The molecule has 1 heterocycles. The largest absolute Gasteiger partial charge is 0.354 e. The Balaban J connectivity index is 2.67. The number of nitrogens with one attached hydrogen (secondary N) is 1. The first-order valence-corrected chi connectivity index (χ1v) is 3.26. The molecule has 0 saturated carbocycles. The number of hydrogen-bond acceptors (Lipinski definition) is 2. The van der Waals surface area contributed by atoms with Crippen molar-refractivity contribution in [3.05, 3.63) is 0 Å². The first kappa shape index (κ1) is 6.55. The zero-order valence-corrected chi connectivity index (χ0v) is 5.61.